The summed E-state index contributed by atoms with van der Waals surface area (Å²) in [6.07, 6.45) is 3.21. The number of likely N-dealkylation sites (tertiary alicyclic amines) is 1. The number of nitrogens with two attached hydrogens (primary N) is 1. The Morgan fingerprint density at radius 2 is 1.95 bits per heavy atom. The quantitative estimate of drug-likeness (QED) is 0.735. The monoisotopic (exact) mass is 327 g/mol. The molecule has 0 spiro atoms. The summed E-state index contributed by atoms with van der Waals surface area (Å²) in [4.78, 5) is 14.3. The summed E-state index contributed by atoms with van der Waals surface area (Å²) in [5, 5.41) is 0. The van der Waals surface area contributed by atoms with Gasteiger partial charge in [0.2, 0.25) is 15.9 Å². The van der Waals surface area contributed by atoms with Gasteiger partial charge < -0.3 is 10.6 Å². The van der Waals surface area contributed by atoms with Crippen LogP contribution in [0, 0.1) is 5.41 Å². The molecule has 0 radical (unpaired) electrons. The van der Waals surface area contributed by atoms with Crippen LogP contribution in [0.1, 0.15) is 33.1 Å². The Morgan fingerprint density at radius 1 is 1.40 bits per heavy atom. The number of nitrogens with one attached hydrogen (secondary N) is 1. The van der Waals surface area contributed by atoms with E-state index in [0.717, 1.165) is 6.26 Å². The zero-order chi connectivity index (χ0) is 14.7. The minimum absolute atomic E-state index is 0. The van der Waals surface area contributed by atoms with Crippen molar-refractivity contribution in [3.05, 3.63) is 0 Å². The average molecular weight is 328 g/mol. The highest BCUT2D eigenvalue weighted by atomic mass is 35.5. The maximum atomic E-state index is 12.5. The molecule has 1 saturated heterocycles. The third-order valence-electron chi connectivity index (χ3n) is 4.05. The van der Waals surface area contributed by atoms with Crippen LogP contribution >= 0.6 is 12.4 Å². The first-order valence-corrected chi connectivity index (χ1v) is 8.64. The Kier molecular flexibility index (Phi) is 7.44. The summed E-state index contributed by atoms with van der Waals surface area (Å²) < 4.78 is 24.9. The molecular formula is C12H26ClN3O3S. The molecule has 3 N–H and O–H groups in total. The summed E-state index contributed by atoms with van der Waals surface area (Å²) in [6.45, 7) is 5.30. The Balaban J connectivity index is 0.00000361. The Bertz CT molecular complexity index is 415. The van der Waals surface area contributed by atoms with E-state index >= 15 is 0 Å². The highest BCUT2D eigenvalue weighted by molar-refractivity contribution is 7.88. The van der Waals surface area contributed by atoms with Crippen molar-refractivity contribution in [2.24, 2.45) is 11.1 Å². The molecule has 0 aliphatic carbocycles. The molecule has 0 saturated carbocycles. The van der Waals surface area contributed by atoms with E-state index in [1.807, 2.05) is 13.8 Å². The van der Waals surface area contributed by atoms with Crippen LogP contribution in [0.5, 0.6) is 0 Å². The summed E-state index contributed by atoms with van der Waals surface area (Å²) >= 11 is 0. The molecule has 1 unspecified atom stereocenters. The number of rotatable bonds is 6. The van der Waals surface area contributed by atoms with Gasteiger partial charge in [0.15, 0.2) is 0 Å². The van der Waals surface area contributed by atoms with Crippen molar-refractivity contribution in [1.82, 2.24) is 9.62 Å². The maximum absolute atomic E-state index is 12.5. The van der Waals surface area contributed by atoms with Crippen molar-refractivity contribution in [2.75, 3.05) is 25.9 Å². The van der Waals surface area contributed by atoms with Crippen LogP contribution < -0.4 is 10.5 Å². The number of amides is 1. The molecule has 20 heavy (non-hydrogen) atoms. The van der Waals surface area contributed by atoms with Gasteiger partial charge in [-0.2, -0.15) is 0 Å². The maximum Gasteiger partial charge on any atom is 0.230 e. The van der Waals surface area contributed by atoms with Crippen LogP contribution in [0.25, 0.3) is 0 Å². The van der Waals surface area contributed by atoms with Gasteiger partial charge >= 0.3 is 0 Å². The lowest BCUT2D eigenvalue weighted by Crippen LogP contribution is -2.47. The first-order valence-electron chi connectivity index (χ1n) is 6.74. The van der Waals surface area contributed by atoms with Crippen LogP contribution in [0.3, 0.4) is 0 Å². The van der Waals surface area contributed by atoms with E-state index in [-0.39, 0.29) is 24.4 Å². The van der Waals surface area contributed by atoms with E-state index in [1.54, 1.807) is 4.90 Å². The number of hydrogen-bond donors (Lipinski definition) is 2. The van der Waals surface area contributed by atoms with Crippen molar-refractivity contribution in [2.45, 2.75) is 39.2 Å². The van der Waals surface area contributed by atoms with Gasteiger partial charge in [-0.25, -0.2) is 13.1 Å². The van der Waals surface area contributed by atoms with Gasteiger partial charge in [0, 0.05) is 25.7 Å². The van der Waals surface area contributed by atoms with Gasteiger partial charge in [0.05, 0.1) is 11.7 Å². The molecule has 1 atom stereocenters. The predicted octanol–water partition coefficient (Wildman–Crippen LogP) is 0.323. The van der Waals surface area contributed by atoms with Gasteiger partial charge in [0.25, 0.3) is 0 Å². The number of nitrogens with zero attached hydrogens (tertiary/aromatic N) is 1. The molecule has 6 nitrogen and oxygen atoms in total. The summed E-state index contributed by atoms with van der Waals surface area (Å²) in [5.41, 5.74) is 5.27. The van der Waals surface area contributed by atoms with E-state index in [0.29, 0.717) is 38.9 Å². The van der Waals surface area contributed by atoms with Gasteiger partial charge in [-0.15, -0.1) is 12.4 Å². The molecule has 1 rings (SSSR count). The molecule has 1 fully saturated rings. The van der Waals surface area contributed by atoms with Crippen molar-refractivity contribution in [3.8, 4) is 0 Å². The lowest BCUT2D eigenvalue weighted by molar-refractivity contribution is -0.141. The number of hydrogen-bond acceptors (Lipinski definition) is 4. The van der Waals surface area contributed by atoms with Gasteiger partial charge in [-0.3, -0.25) is 4.79 Å². The second kappa shape index (κ2) is 7.59. The Labute approximate surface area is 127 Å². The molecule has 0 aromatic heterocycles. The molecule has 8 heteroatoms. The fourth-order valence-corrected chi connectivity index (χ4v) is 3.41. The lowest BCUT2D eigenvalue weighted by atomic mass is 9.81. The minimum atomic E-state index is -3.22. The number of halogens is 1. The van der Waals surface area contributed by atoms with E-state index in [4.69, 9.17) is 5.73 Å². The lowest BCUT2D eigenvalue weighted by Gasteiger charge is -2.33. The SMILES string of the molecule is CCC(CC)(CN)C(=O)N1CCC(NS(C)(=O)=O)C1.Cl. The topological polar surface area (TPSA) is 92.5 Å². The van der Waals surface area contributed by atoms with Crippen LogP contribution in [0.2, 0.25) is 0 Å². The second-order valence-electron chi connectivity index (χ2n) is 5.32. The summed E-state index contributed by atoms with van der Waals surface area (Å²) in [5.74, 6) is 0.0535. The highest BCUT2D eigenvalue weighted by Crippen LogP contribution is 2.29. The van der Waals surface area contributed by atoms with Gasteiger partial charge in [-0.1, -0.05) is 13.8 Å². The Morgan fingerprint density at radius 3 is 2.35 bits per heavy atom. The van der Waals surface area contributed by atoms with Crippen molar-refractivity contribution >= 4 is 28.3 Å². The molecule has 1 amide bonds. The smallest absolute Gasteiger partial charge is 0.230 e. The van der Waals surface area contributed by atoms with Crippen LogP contribution in [-0.2, 0) is 14.8 Å². The largest absolute Gasteiger partial charge is 0.341 e. The van der Waals surface area contributed by atoms with E-state index < -0.39 is 15.4 Å². The van der Waals surface area contributed by atoms with Crippen molar-refractivity contribution < 1.29 is 13.2 Å². The minimum Gasteiger partial charge on any atom is -0.341 e. The van der Waals surface area contributed by atoms with Gasteiger partial charge in [-0.05, 0) is 19.3 Å². The summed E-state index contributed by atoms with van der Waals surface area (Å²) in [7, 11) is -3.22. The van der Waals surface area contributed by atoms with Crippen LogP contribution in [0.15, 0.2) is 0 Å². The average Bonchev–Trinajstić information content (AvgIpc) is 2.77. The van der Waals surface area contributed by atoms with Crippen molar-refractivity contribution in [3.63, 3.8) is 0 Å². The molecule has 120 valence electrons. The van der Waals surface area contributed by atoms with Crippen LogP contribution in [0.4, 0.5) is 0 Å². The fraction of sp³-hybridized carbons (Fsp3) is 0.917. The normalized spacial score (nSPS) is 19.8. The fourth-order valence-electron chi connectivity index (χ4n) is 2.61. The molecule has 1 aliphatic heterocycles. The molecular weight excluding hydrogens is 302 g/mol. The Hall–Kier alpha value is -0.370. The zero-order valence-corrected chi connectivity index (χ0v) is 14.0. The predicted molar refractivity (Wildman–Crippen MR) is 82.3 cm³/mol. The second-order valence-corrected chi connectivity index (χ2v) is 7.10. The highest BCUT2D eigenvalue weighted by Gasteiger charge is 2.39. The van der Waals surface area contributed by atoms with Gasteiger partial charge in [0.1, 0.15) is 0 Å². The first kappa shape index (κ1) is 19.6. The number of sulfonamides is 1. The van der Waals surface area contributed by atoms with Crippen molar-refractivity contribution in [1.29, 1.82) is 0 Å². The molecule has 0 bridgehead atoms. The summed E-state index contributed by atoms with van der Waals surface area (Å²) in [6, 6.07) is -0.178. The van der Waals surface area contributed by atoms with E-state index in [1.165, 1.54) is 0 Å². The van der Waals surface area contributed by atoms with E-state index in [9.17, 15) is 13.2 Å². The number of carbonyl (C=O) groups excluding carboxylic acids is 1. The van der Waals surface area contributed by atoms with Crippen LogP contribution in [-0.4, -0.2) is 51.2 Å². The molecule has 1 aliphatic rings. The standard InChI is InChI=1S/C12H25N3O3S.ClH/c1-4-12(5-2,9-13)11(16)15-7-6-10(8-15)14-19(3,17)18;/h10,14H,4-9,13H2,1-3H3;1H. The molecule has 0 aromatic carbocycles. The molecule has 0 aromatic rings. The molecule has 1 heterocycles. The van der Waals surface area contributed by atoms with E-state index in [2.05, 4.69) is 4.72 Å². The zero-order valence-electron chi connectivity index (χ0n) is 12.4. The third kappa shape index (κ3) is 4.58. The first-order chi connectivity index (χ1) is 8.78. The number of carbonyl (C=O) groups is 1. The third-order valence-corrected chi connectivity index (χ3v) is 4.82.